The van der Waals surface area contributed by atoms with Crippen LogP contribution in [0.5, 0.6) is 5.75 Å². The van der Waals surface area contributed by atoms with Crippen molar-refractivity contribution in [3.63, 3.8) is 0 Å². The molecule has 0 fully saturated rings. The smallest absolute Gasteiger partial charge is 0.407 e. The fourth-order valence-corrected chi connectivity index (χ4v) is 6.05. The Hall–Kier alpha value is -3.18. The second-order valence-electron chi connectivity index (χ2n) is 10.3. The van der Waals surface area contributed by atoms with Gasteiger partial charge in [0.1, 0.15) is 17.2 Å². The van der Waals surface area contributed by atoms with E-state index in [0.717, 1.165) is 57.0 Å². The van der Waals surface area contributed by atoms with Crippen LogP contribution < -0.4 is 20.7 Å². The van der Waals surface area contributed by atoms with Crippen LogP contribution in [-0.2, 0) is 30.5 Å². The number of hydrogen-bond donors (Lipinski definition) is 3. The number of alkyl carbamates (subject to hydrolysis) is 1. The van der Waals surface area contributed by atoms with Gasteiger partial charge in [-0.05, 0) is 67.2 Å². The Balaban J connectivity index is 1.19. The maximum Gasteiger partial charge on any atom is 0.407 e. The lowest BCUT2D eigenvalue weighted by Gasteiger charge is -2.25. The molecule has 2 aromatic heterocycles. The van der Waals surface area contributed by atoms with Crippen molar-refractivity contribution in [2.45, 2.75) is 64.6 Å². The highest BCUT2D eigenvalue weighted by atomic mass is 79.9. The van der Waals surface area contributed by atoms with Crippen LogP contribution in [0, 0.1) is 0 Å². The van der Waals surface area contributed by atoms with Crippen molar-refractivity contribution >= 4 is 50.2 Å². The van der Waals surface area contributed by atoms with Crippen LogP contribution >= 0.6 is 27.3 Å². The maximum atomic E-state index is 13.0. The average molecular weight is 601 g/mol. The molecule has 9 nitrogen and oxygen atoms in total. The minimum atomic E-state index is -0.538. The Morgan fingerprint density at radius 1 is 1.26 bits per heavy atom. The van der Waals surface area contributed by atoms with E-state index in [2.05, 4.69) is 41.8 Å². The number of hydrogen-bond acceptors (Lipinski definition) is 8. The Labute approximate surface area is 233 Å². The minimum absolute atomic E-state index is 0.0152. The normalized spacial score (nSPS) is 16.2. The quantitative estimate of drug-likeness (QED) is 0.343. The van der Waals surface area contributed by atoms with Crippen molar-refractivity contribution in [2.75, 3.05) is 17.2 Å². The molecule has 1 atom stereocenters. The third kappa shape index (κ3) is 6.27. The number of nitrogens with zero attached hydrogens (tertiary/aromatic N) is 2. The summed E-state index contributed by atoms with van der Waals surface area (Å²) >= 11 is 4.94. The second-order valence-corrected chi connectivity index (χ2v) is 12.3. The van der Waals surface area contributed by atoms with Crippen molar-refractivity contribution < 1.29 is 19.1 Å². The fourth-order valence-electron chi connectivity index (χ4n) is 4.51. The van der Waals surface area contributed by atoms with Gasteiger partial charge in [0.15, 0.2) is 5.13 Å². The van der Waals surface area contributed by atoms with Crippen LogP contribution in [-0.4, -0.2) is 40.2 Å². The summed E-state index contributed by atoms with van der Waals surface area (Å²) in [6.07, 6.45) is 4.32. The number of halogens is 1. The van der Waals surface area contributed by atoms with Crippen molar-refractivity contribution in [1.29, 1.82) is 0 Å². The second kappa shape index (κ2) is 10.9. The number of carbonyl (C=O) groups excluding carboxylic acids is 2. The standard InChI is InChI=1S/C27H30BrN5O4S/c1-27(2,3)37-26(35)31-17-7-8-20-21(12-17)38-25(32-20)33-24(34)16-6-4-5-15(11-16)13-29-23-18-9-10-36-22(18)19(28)14-30-23/h4-6,11,14,17H,7-10,12-13H2,1-3H3,(H,29,30)(H,31,35)(H,32,33,34). The molecule has 2 aliphatic rings. The van der Waals surface area contributed by atoms with E-state index in [1.807, 2.05) is 39.0 Å². The van der Waals surface area contributed by atoms with Gasteiger partial charge in [0.2, 0.25) is 0 Å². The van der Waals surface area contributed by atoms with E-state index in [-0.39, 0.29) is 11.9 Å². The first kappa shape index (κ1) is 26.4. The van der Waals surface area contributed by atoms with Crippen molar-refractivity contribution in [3.8, 4) is 5.75 Å². The molecule has 38 heavy (non-hydrogen) atoms. The first-order chi connectivity index (χ1) is 18.1. The number of ether oxygens (including phenoxy) is 2. The number of benzene rings is 1. The molecule has 1 aromatic carbocycles. The molecule has 0 radical (unpaired) electrons. The summed E-state index contributed by atoms with van der Waals surface area (Å²) < 4.78 is 11.9. The number of aryl methyl sites for hydroxylation is 1. The highest BCUT2D eigenvalue weighted by Gasteiger charge is 2.26. The molecule has 0 saturated heterocycles. The first-order valence-corrected chi connectivity index (χ1v) is 14.2. The van der Waals surface area contributed by atoms with E-state index in [0.29, 0.717) is 30.3 Å². The lowest BCUT2D eigenvalue weighted by atomic mass is 9.98. The minimum Gasteiger partial charge on any atom is -0.492 e. The van der Waals surface area contributed by atoms with E-state index in [1.54, 1.807) is 12.3 Å². The van der Waals surface area contributed by atoms with Gasteiger partial charge in [0.05, 0.1) is 16.8 Å². The molecule has 3 heterocycles. The summed E-state index contributed by atoms with van der Waals surface area (Å²) in [6, 6.07) is 7.48. The molecule has 0 spiro atoms. The Kier molecular flexibility index (Phi) is 7.58. The third-order valence-electron chi connectivity index (χ3n) is 6.21. The van der Waals surface area contributed by atoms with Gasteiger partial charge in [-0.1, -0.05) is 12.1 Å². The molecular weight excluding hydrogens is 570 g/mol. The summed E-state index contributed by atoms with van der Waals surface area (Å²) in [5.41, 5.74) is 3.02. The van der Waals surface area contributed by atoms with Gasteiger partial charge >= 0.3 is 6.09 Å². The van der Waals surface area contributed by atoms with E-state index >= 15 is 0 Å². The van der Waals surface area contributed by atoms with Gasteiger partial charge in [0, 0.05) is 47.6 Å². The molecule has 3 aromatic rings. The number of thiazole rings is 1. The highest BCUT2D eigenvalue weighted by Crippen LogP contribution is 2.37. The van der Waals surface area contributed by atoms with Crippen LogP contribution in [0.1, 0.15) is 59.2 Å². The molecule has 5 rings (SSSR count). The lowest BCUT2D eigenvalue weighted by molar-refractivity contribution is 0.0500. The first-order valence-electron chi connectivity index (χ1n) is 12.6. The van der Waals surface area contributed by atoms with E-state index in [1.165, 1.54) is 11.3 Å². The van der Waals surface area contributed by atoms with Crippen LogP contribution in [0.4, 0.5) is 15.7 Å². The molecule has 11 heteroatoms. The molecule has 1 aliphatic heterocycles. The Morgan fingerprint density at radius 2 is 2.11 bits per heavy atom. The lowest BCUT2D eigenvalue weighted by Crippen LogP contribution is -2.41. The van der Waals surface area contributed by atoms with Crippen LogP contribution in [0.15, 0.2) is 34.9 Å². The number of fused-ring (bicyclic) bond motifs is 2. The number of nitrogens with one attached hydrogen (secondary N) is 3. The summed E-state index contributed by atoms with van der Waals surface area (Å²) in [7, 11) is 0. The molecule has 3 N–H and O–H groups in total. The highest BCUT2D eigenvalue weighted by molar-refractivity contribution is 9.10. The number of anilines is 2. The molecule has 200 valence electrons. The summed E-state index contributed by atoms with van der Waals surface area (Å²) in [4.78, 5) is 35.4. The largest absolute Gasteiger partial charge is 0.492 e. The zero-order valence-electron chi connectivity index (χ0n) is 21.5. The summed E-state index contributed by atoms with van der Waals surface area (Å²) in [6.45, 7) is 6.70. The number of amides is 2. The van der Waals surface area contributed by atoms with E-state index in [9.17, 15) is 9.59 Å². The van der Waals surface area contributed by atoms with Crippen molar-refractivity contribution in [2.24, 2.45) is 0 Å². The van der Waals surface area contributed by atoms with Crippen LogP contribution in [0.25, 0.3) is 0 Å². The van der Waals surface area contributed by atoms with Gasteiger partial charge in [-0.25, -0.2) is 14.8 Å². The maximum absolute atomic E-state index is 13.0. The predicted molar refractivity (Wildman–Crippen MR) is 150 cm³/mol. The molecular formula is C27H30BrN5O4S. The van der Waals surface area contributed by atoms with Gasteiger partial charge in [-0.15, -0.1) is 11.3 Å². The zero-order chi connectivity index (χ0) is 26.9. The van der Waals surface area contributed by atoms with Gasteiger partial charge in [0.25, 0.3) is 5.91 Å². The fraction of sp³-hybridized carbons (Fsp3) is 0.407. The number of pyridine rings is 1. The Morgan fingerprint density at radius 3 is 2.92 bits per heavy atom. The van der Waals surface area contributed by atoms with Crippen LogP contribution in [0.3, 0.4) is 0 Å². The molecule has 1 unspecified atom stereocenters. The number of aromatic nitrogens is 2. The van der Waals surface area contributed by atoms with E-state index in [4.69, 9.17) is 9.47 Å². The van der Waals surface area contributed by atoms with Gasteiger partial charge < -0.3 is 20.1 Å². The zero-order valence-corrected chi connectivity index (χ0v) is 23.9. The average Bonchev–Trinajstić information content (AvgIpc) is 3.50. The SMILES string of the molecule is CC(C)(C)OC(=O)NC1CCc2nc(NC(=O)c3cccc(CNc4ncc(Br)c5c4CCO5)c3)sc2C1. The van der Waals surface area contributed by atoms with Crippen molar-refractivity contribution in [1.82, 2.24) is 15.3 Å². The van der Waals surface area contributed by atoms with Gasteiger partial charge in [-0.2, -0.15) is 0 Å². The molecule has 0 saturated carbocycles. The van der Waals surface area contributed by atoms with Crippen LogP contribution in [0.2, 0.25) is 0 Å². The topological polar surface area (TPSA) is 114 Å². The predicted octanol–water partition coefficient (Wildman–Crippen LogP) is 5.48. The Bertz CT molecular complexity index is 1370. The van der Waals surface area contributed by atoms with Crippen molar-refractivity contribution in [3.05, 3.63) is 62.2 Å². The number of carbonyl (C=O) groups is 2. The monoisotopic (exact) mass is 599 g/mol. The van der Waals surface area contributed by atoms with Gasteiger partial charge in [-0.3, -0.25) is 10.1 Å². The molecule has 1 aliphatic carbocycles. The summed E-state index contributed by atoms with van der Waals surface area (Å²) in [5.74, 6) is 1.43. The number of rotatable bonds is 6. The summed E-state index contributed by atoms with van der Waals surface area (Å²) in [5, 5.41) is 9.83. The molecule has 2 amide bonds. The third-order valence-corrected chi connectivity index (χ3v) is 7.81. The van der Waals surface area contributed by atoms with E-state index < -0.39 is 11.7 Å². The molecule has 0 bridgehead atoms.